The van der Waals surface area contributed by atoms with Crippen molar-refractivity contribution in [3.05, 3.63) is 28.2 Å². The molecule has 0 radical (unpaired) electrons. The van der Waals surface area contributed by atoms with Crippen LogP contribution in [0.5, 0.6) is 0 Å². The van der Waals surface area contributed by atoms with Crippen LogP contribution in [0, 0.1) is 6.92 Å². The minimum Gasteiger partial charge on any atom is -0.300 e. The van der Waals surface area contributed by atoms with Crippen molar-refractivity contribution in [3.8, 4) is 11.4 Å². The highest BCUT2D eigenvalue weighted by Gasteiger charge is 2.19. The van der Waals surface area contributed by atoms with Crippen molar-refractivity contribution >= 4 is 26.0 Å². The first-order valence-corrected chi connectivity index (χ1v) is 7.33. The van der Waals surface area contributed by atoms with Crippen molar-refractivity contribution in [1.82, 2.24) is 14.8 Å². The van der Waals surface area contributed by atoms with Gasteiger partial charge in [-0.3, -0.25) is 4.57 Å². The van der Waals surface area contributed by atoms with Crippen molar-refractivity contribution < 1.29 is 8.42 Å². The Morgan fingerprint density at radius 3 is 2.50 bits per heavy atom. The Labute approximate surface area is 113 Å². The van der Waals surface area contributed by atoms with Gasteiger partial charge >= 0.3 is 0 Å². The van der Waals surface area contributed by atoms with Gasteiger partial charge < -0.3 is 0 Å². The smallest absolute Gasteiger partial charge is 0.273 e. The van der Waals surface area contributed by atoms with Crippen molar-refractivity contribution in [1.29, 1.82) is 0 Å². The summed E-state index contributed by atoms with van der Waals surface area (Å²) in [6.07, 6.45) is 0. The second-order valence-electron chi connectivity index (χ2n) is 3.87. The van der Waals surface area contributed by atoms with Crippen molar-refractivity contribution in [3.63, 3.8) is 0 Å². The van der Waals surface area contributed by atoms with E-state index in [2.05, 4.69) is 26.1 Å². The maximum Gasteiger partial charge on any atom is 0.273 e. The first kappa shape index (κ1) is 13.2. The fraction of sp³-hybridized carbons (Fsp3) is 0.200. The van der Waals surface area contributed by atoms with Crippen LogP contribution in [0.25, 0.3) is 11.4 Å². The molecule has 0 saturated heterocycles. The van der Waals surface area contributed by atoms with Crippen molar-refractivity contribution in [2.24, 2.45) is 12.2 Å². The third-order valence-electron chi connectivity index (χ3n) is 2.51. The van der Waals surface area contributed by atoms with E-state index < -0.39 is 10.0 Å². The molecule has 0 bridgehead atoms. The molecule has 0 unspecified atom stereocenters. The molecule has 1 aromatic heterocycles. The highest BCUT2D eigenvalue weighted by molar-refractivity contribution is 9.10. The van der Waals surface area contributed by atoms with Gasteiger partial charge in [0.05, 0.1) is 0 Å². The van der Waals surface area contributed by atoms with Gasteiger partial charge in [0.25, 0.3) is 15.2 Å². The van der Waals surface area contributed by atoms with Crippen molar-refractivity contribution in [2.75, 3.05) is 0 Å². The summed E-state index contributed by atoms with van der Waals surface area (Å²) < 4.78 is 24.9. The molecular weight excluding hydrogens is 320 g/mol. The van der Waals surface area contributed by atoms with Gasteiger partial charge in [-0.25, -0.2) is 13.6 Å². The second-order valence-corrected chi connectivity index (χ2v) is 6.18. The lowest BCUT2D eigenvalue weighted by Crippen LogP contribution is -2.17. The van der Waals surface area contributed by atoms with Crippen LogP contribution < -0.4 is 5.14 Å². The summed E-state index contributed by atoms with van der Waals surface area (Å²) in [6.45, 7) is 1.94. The zero-order valence-electron chi connectivity index (χ0n) is 9.75. The first-order valence-electron chi connectivity index (χ1n) is 4.99. The van der Waals surface area contributed by atoms with Crippen molar-refractivity contribution in [2.45, 2.75) is 12.1 Å². The number of rotatable bonds is 2. The average molecular weight is 331 g/mol. The van der Waals surface area contributed by atoms with Gasteiger partial charge in [-0.15, -0.1) is 10.2 Å². The van der Waals surface area contributed by atoms with E-state index >= 15 is 0 Å². The molecule has 0 fully saturated rings. The quantitative estimate of drug-likeness (QED) is 0.895. The summed E-state index contributed by atoms with van der Waals surface area (Å²) in [6, 6.07) is 5.59. The standard InChI is InChI=1S/C10H11BrN4O2S/c1-6-5-7(3-4-8(6)11)9-13-14-10(15(9)2)18(12,16)17/h3-5H,1-2H3,(H2,12,16,17). The topological polar surface area (TPSA) is 90.9 Å². The van der Waals surface area contributed by atoms with Crippen LogP contribution in [0.15, 0.2) is 27.8 Å². The van der Waals surface area contributed by atoms with E-state index in [1.54, 1.807) is 7.05 Å². The Hall–Kier alpha value is -1.25. The lowest BCUT2D eigenvalue weighted by atomic mass is 10.1. The van der Waals surface area contributed by atoms with Gasteiger partial charge in [-0.05, 0) is 24.6 Å². The molecule has 0 aliphatic carbocycles. The number of benzene rings is 1. The number of hydrogen-bond donors (Lipinski definition) is 1. The van der Waals surface area contributed by atoms with Gasteiger partial charge in [0.1, 0.15) is 0 Å². The minimum absolute atomic E-state index is 0.252. The van der Waals surface area contributed by atoms with Gasteiger partial charge in [-0.1, -0.05) is 22.0 Å². The van der Waals surface area contributed by atoms with E-state index in [9.17, 15) is 8.42 Å². The molecule has 0 aliphatic rings. The molecule has 2 aromatic rings. The molecule has 0 saturated carbocycles. The van der Waals surface area contributed by atoms with Crippen LogP contribution in [-0.4, -0.2) is 23.2 Å². The second kappa shape index (κ2) is 4.45. The Morgan fingerprint density at radius 1 is 1.33 bits per heavy atom. The van der Waals surface area contributed by atoms with Crippen LogP contribution in [0.2, 0.25) is 0 Å². The maximum absolute atomic E-state index is 11.3. The van der Waals surface area contributed by atoms with Crippen LogP contribution in [0.4, 0.5) is 0 Å². The van der Waals surface area contributed by atoms with E-state index in [4.69, 9.17) is 5.14 Å². The van der Waals surface area contributed by atoms with Crippen LogP contribution in [0.1, 0.15) is 5.56 Å². The normalized spacial score (nSPS) is 11.8. The van der Waals surface area contributed by atoms with Crippen LogP contribution >= 0.6 is 15.9 Å². The van der Waals surface area contributed by atoms with Gasteiger partial charge in [0.2, 0.25) is 0 Å². The molecule has 0 amide bonds. The highest BCUT2D eigenvalue weighted by Crippen LogP contribution is 2.24. The number of nitrogens with zero attached hydrogens (tertiary/aromatic N) is 3. The molecule has 6 nitrogen and oxygen atoms in total. The SMILES string of the molecule is Cc1cc(-c2nnc(S(N)(=O)=O)n2C)ccc1Br. The number of sulfonamides is 1. The minimum atomic E-state index is -3.86. The molecular formula is C10H11BrN4O2S. The summed E-state index contributed by atoms with van der Waals surface area (Å²) in [5.74, 6) is 0.453. The predicted octanol–water partition coefficient (Wildman–Crippen LogP) is 1.20. The van der Waals surface area contributed by atoms with Gasteiger partial charge in [0, 0.05) is 17.1 Å². The van der Waals surface area contributed by atoms with Crippen LogP contribution in [-0.2, 0) is 17.1 Å². The monoisotopic (exact) mass is 330 g/mol. The number of aryl methyl sites for hydroxylation is 1. The number of halogens is 1. The Balaban J connectivity index is 2.59. The summed E-state index contributed by atoms with van der Waals surface area (Å²) >= 11 is 3.40. The number of hydrogen-bond acceptors (Lipinski definition) is 4. The fourth-order valence-corrected chi connectivity index (χ4v) is 2.47. The summed E-state index contributed by atoms with van der Waals surface area (Å²) in [5.41, 5.74) is 1.80. The molecule has 96 valence electrons. The van der Waals surface area contributed by atoms with E-state index in [0.29, 0.717) is 5.82 Å². The molecule has 2 N–H and O–H groups in total. The lowest BCUT2D eigenvalue weighted by Gasteiger charge is -2.04. The predicted molar refractivity (Wildman–Crippen MR) is 70.2 cm³/mol. The van der Waals surface area contributed by atoms with E-state index in [0.717, 1.165) is 15.6 Å². The van der Waals surface area contributed by atoms with E-state index in [-0.39, 0.29) is 5.16 Å². The number of nitrogens with two attached hydrogens (primary N) is 1. The van der Waals surface area contributed by atoms with Gasteiger partial charge in [0.15, 0.2) is 5.82 Å². The van der Waals surface area contributed by atoms with E-state index in [1.807, 2.05) is 25.1 Å². The fourth-order valence-electron chi connectivity index (χ4n) is 1.60. The van der Waals surface area contributed by atoms with E-state index in [1.165, 1.54) is 4.57 Å². The zero-order valence-corrected chi connectivity index (χ0v) is 12.2. The average Bonchev–Trinajstić information content (AvgIpc) is 2.64. The van der Waals surface area contributed by atoms with Crippen LogP contribution in [0.3, 0.4) is 0 Å². The lowest BCUT2D eigenvalue weighted by molar-refractivity contribution is 0.580. The summed E-state index contributed by atoms with van der Waals surface area (Å²) in [7, 11) is -2.30. The van der Waals surface area contributed by atoms with Gasteiger partial charge in [-0.2, -0.15) is 0 Å². The molecule has 8 heteroatoms. The number of primary sulfonamides is 1. The summed E-state index contributed by atoms with van der Waals surface area (Å²) in [5, 5.41) is 12.3. The highest BCUT2D eigenvalue weighted by atomic mass is 79.9. The molecule has 0 atom stereocenters. The Kier molecular flexibility index (Phi) is 3.26. The molecule has 0 spiro atoms. The molecule has 18 heavy (non-hydrogen) atoms. The zero-order chi connectivity index (χ0) is 13.5. The molecule has 1 heterocycles. The summed E-state index contributed by atoms with van der Waals surface area (Å²) in [4.78, 5) is 0. The largest absolute Gasteiger partial charge is 0.300 e. The Morgan fingerprint density at radius 2 is 2.00 bits per heavy atom. The first-order chi connectivity index (χ1) is 8.30. The Bertz CT molecular complexity index is 709. The maximum atomic E-state index is 11.3. The molecule has 0 aliphatic heterocycles. The third kappa shape index (κ3) is 2.31. The third-order valence-corrected chi connectivity index (χ3v) is 4.26. The molecule has 1 aromatic carbocycles. The number of aromatic nitrogens is 3. The molecule has 2 rings (SSSR count).